The van der Waals surface area contributed by atoms with Crippen molar-refractivity contribution in [2.45, 2.75) is 70.5 Å². The third-order valence-corrected chi connectivity index (χ3v) is 10.6. The number of ether oxygens (including phenoxy) is 1. The summed E-state index contributed by atoms with van der Waals surface area (Å²) in [7, 11) is -2.18. The summed E-state index contributed by atoms with van der Waals surface area (Å²) >= 11 is 0. The first kappa shape index (κ1) is 33.0. The molecule has 1 aliphatic heterocycles. The van der Waals surface area contributed by atoms with Gasteiger partial charge in [0, 0.05) is 38.7 Å². The molecule has 13 nitrogen and oxygen atoms in total. The zero-order valence-corrected chi connectivity index (χ0v) is 28.5. The second-order valence-corrected chi connectivity index (χ2v) is 13.7. The molecular weight excluding hydrogens is 631 g/mol. The minimum atomic E-state index is -3.90. The number of sulfonamides is 1. The molecule has 1 aliphatic rings. The van der Waals surface area contributed by atoms with Gasteiger partial charge in [-0.15, -0.1) is 5.10 Å². The fourth-order valence-corrected chi connectivity index (χ4v) is 7.59. The number of aromatic nitrogens is 6. The molecule has 0 bridgehead atoms. The first-order valence-electron chi connectivity index (χ1n) is 16.0. The van der Waals surface area contributed by atoms with Gasteiger partial charge < -0.3 is 15.4 Å². The Morgan fingerprint density at radius 3 is 2.60 bits per heavy atom. The summed E-state index contributed by atoms with van der Waals surface area (Å²) in [4.78, 5) is 26.3. The Hall–Kier alpha value is -4.95. The smallest absolute Gasteiger partial charge is 0.248 e. The Kier molecular flexibility index (Phi) is 9.38. The fourth-order valence-electron chi connectivity index (χ4n) is 6.07. The number of anilines is 2. The van der Waals surface area contributed by atoms with Crippen LogP contribution in [0.5, 0.6) is 5.88 Å². The maximum absolute atomic E-state index is 13.9. The van der Waals surface area contributed by atoms with Gasteiger partial charge in [0.1, 0.15) is 16.5 Å². The topological polar surface area (TPSA) is 157 Å². The van der Waals surface area contributed by atoms with E-state index in [-0.39, 0.29) is 48.2 Å². The highest BCUT2D eigenvalue weighted by Gasteiger charge is 2.35. The molecule has 14 heteroatoms. The van der Waals surface area contributed by atoms with Crippen LogP contribution in [0.2, 0.25) is 0 Å². The minimum Gasteiger partial charge on any atom is -0.472 e. The molecule has 0 radical (unpaired) electrons. The molecule has 6 rings (SSSR count). The van der Waals surface area contributed by atoms with E-state index < -0.39 is 10.0 Å². The van der Waals surface area contributed by atoms with Gasteiger partial charge in [-0.05, 0) is 73.2 Å². The van der Waals surface area contributed by atoms with Crippen LogP contribution in [-0.4, -0.2) is 68.3 Å². The second kappa shape index (κ2) is 13.6. The van der Waals surface area contributed by atoms with E-state index in [0.717, 1.165) is 38.9 Å². The van der Waals surface area contributed by atoms with E-state index in [4.69, 9.17) is 4.74 Å². The molecule has 2 atom stereocenters. The third-order valence-electron chi connectivity index (χ3n) is 8.82. The summed E-state index contributed by atoms with van der Waals surface area (Å²) in [5.74, 6) is -0.0254. The number of hydrogen-bond donors (Lipinski definition) is 2. The first-order chi connectivity index (χ1) is 23.1. The van der Waals surface area contributed by atoms with E-state index >= 15 is 0 Å². The lowest BCUT2D eigenvalue weighted by Crippen LogP contribution is -2.36. The number of nitrogens with one attached hydrogen (secondary N) is 2. The zero-order valence-electron chi connectivity index (χ0n) is 27.6. The van der Waals surface area contributed by atoms with Gasteiger partial charge in [-0.3, -0.25) is 4.79 Å². The number of hydrogen-bond acceptors (Lipinski definition) is 10. The van der Waals surface area contributed by atoms with Crippen LogP contribution in [0.25, 0.3) is 11.0 Å². The van der Waals surface area contributed by atoms with Crippen molar-refractivity contribution in [3.05, 3.63) is 88.9 Å². The van der Waals surface area contributed by atoms with Gasteiger partial charge >= 0.3 is 0 Å². The number of aryl methyl sites for hydroxylation is 3. The highest BCUT2D eigenvalue weighted by Crippen LogP contribution is 2.36. The molecule has 3 aromatic heterocycles. The Labute approximate surface area is 279 Å². The van der Waals surface area contributed by atoms with Crippen molar-refractivity contribution in [2.24, 2.45) is 0 Å². The molecule has 4 heterocycles. The van der Waals surface area contributed by atoms with Gasteiger partial charge in [-0.2, -0.15) is 4.31 Å². The average Bonchev–Trinajstić information content (AvgIpc) is 3.48. The number of rotatable bonds is 10. The predicted molar refractivity (Wildman–Crippen MR) is 182 cm³/mol. The number of carbonyl (C=O) groups excluding carboxylic acids is 1. The van der Waals surface area contributed by atoms with Crippen LogP contribution in [0.4, 0.5) is 11.6 Å². The molecule has 2 aromatic carbocycles. The van der Waals surface area contributed by atoms with Crippen molar-refractivity contribution < 1.29 is 17.9 Å². The fraction of sp³-hybridized carbons (Fsp3) is 0.353. The molecule has 0 spiro atoms. The summed E-state index contributed by atoms with van der Waals surface area (Å²) < 4.78 is 37.2. The zero-order chi connectivity index (χ0) is 34.0. The monoisotopic (exact) mass is 669 g/mol. The number of pyridine rings is 1. The van der Waals surface area contributed by atoms with E-state index in [9.17, 15) is 13.2 Å². The molecule has 0 aliphatic carbocycles. The Balaban J connectivity index is 1.38. The van der Waals surface area contributed by atoms with E-state index in [1.54, 1.807) is 25.5 Å². The van der Waals surface area contributed by atoms with Gasteiger partial charge in [-0.25, -0.2) is 28.1 Å². The van der Waals surface area contributed by atoms with Crippen LogP contribution in [-0.2, 0) is 27.9 Å². The summed E-state index contributed by atoms with van der Waals surface area (Å²) in [6.45, 7) is 8.93. The number of amides is 1. The molecule has 48 heavy (non-hydrogen) atoms. The molecule has 5 aromatic rings. The molecule has 0 saturated heterocycles. The van der Waals surface area contributed by atoms with E-state index in [1.807, 2.05) is 62.7 Å². The number of benzene rings is 2. The molecular formula is C34H39N9O4S. The average molecular weight is 670 g/mol. The molecule has 2 N–H and O–H groups in total. The first-order valence-corrected chi connectivity index (χ1v) is 17.4. The largest absolute Gasteiger partial charge is 0.472 e. The lowest BCUT2D eigenvalue weighted by molar-refractivity contribution is -0.116. The van der Waals surface area contributed by atoms with Crippen molar-refractivity contribution in [3.8, 4) is 5.88 Å². The number of nitrogens with zero attached hydrogens (tertiary/aromatic N) is 7. The molecule has 0 saturated carbocycles. The van der Waals surface area contributed by atoms with Crippen molar-refractivity contribution in [1.82, 2.24) is 34.3 Å². The quantitative estimate of drug-likeness (QED) is 0.211. The summed E-state index contributed by atoms with van der Waals surface area (Å²) in [6, 6.07) is 13.2. The summed E-state index contributed by atoms with van der Waals surface area (Å²) in [6.07, 6.45) is 5.01. The van der Waals surface area contributed by atoms with Gasteiger partial charge in [0.25, 0.3) is 0 Å². The van der Waals surface area contributed by atoms with Gasteiger partial charge in [0.15, 0.2) is 0 Å². The van der Waals surface area contributed by atoms with Crippen LogP contribution in [0, 0.1) is 13.8 Å². The Morgan fingerprint density at radius 2 is 1.88 bits per heavy atom. The van der Waals surface area contributed by atoms with Crippen LogP contribution in [0.15, 0.2) is 66.0 Å². The highest BCUT2D eigenvalue weighted by atomic mass is 32.2. The third kappa shape index (κ3) is 6.45. The molecule has 250 valence electrons. The van der Waals surface area contributed by atoms with Gasteiger partial charge in [-0.1, -0.05) is 36.4 Å². The van der Waals surface area contributed by atoms with Crippen molar-refractivity contribution in [1.29, 1.82) is 0 Å². The normalized spacial score (nSPS) is 16.5. The molecule has 1 amide bonds. The van der Waals surface area contributed by atoms with Crippen LogP contribution >= 0.6 is 0 Å². The van der Waals surface area contributed by atoms with Gasteiger partial charge in [0.2, 0.25) is 27.8 Å². The Morgan fingerprint density at radius 1 is 1.08 bits per heavy atom. The van der Waals surface area contributed by atoms with E-state index in [0.29, 0.717) is 24.6 Å². The second-order valence-electron chi connectivity index (χ2n) is 11.8. The van der Waals surface area contributed by atoms with Crippen molar-refractivity contribution in [2.75, 3.05) is 24.2 Å². The molecule has 0 unspecified atom stereocenters. The summed E-state index contributed by atoms with van der Waals surface area (Å²) in [5.41, 5.74) is 6.66. The van der Waals surface area contributed by atoms with E-state index in [1.165, 1.54) is 16.6 Å². The lowest BCUT2D eigenvalue weighted by atomic mass is 9.84. The van der Waals surface area contributed by atoms with Crippen LogP contribution < -0.4 is 15.4 Å². The minimum absolute atomic E-state index is 0.0556. The van der Waals surface area contributed by atoms with Crippen molar-refractivity contribution in [3.63, 3.8) is 0 Å². The SMILES string of the molecule is CC[C@@H]1CN(Cc2cc([C@H](CC(=O)Nc3cnc(NC)nc3)c3ccc4c(nnn4CC)c3C)ccc2C)S(=O)(=O)c2cccnc2O1. The predicted octanol–water partition coefficient (Wildman–Crippen LogP) is 4.82. The highest BCUT2D eigenvalue weighted by molar-refractivity contribution is 7.89. The maximum atomic E-state index is 13.9. The van der Waals surface area contributed by atoms with Crippen LogP contribution in [0.3, 0.4) is 0 Å². The Bertz CT molecular complexity index is 2070. The standard InChI is InChI=1S/C34H39N9O4S/c1-6-26-20-42(48(45,46)30-9-8-14-36-33(30)47-26)19-24-15-23(11-10-21(24)3)28(16-31(44)39-25-17-37-34(35-5)38-18-25)27-12-13-29-32(22(27)4)40-41-43(29)7-2/h8-15,17-18,26,28H,6-7,16,19-20H2,1-5H3,(H,39,44)(H,35,37,38)/t26-,28+/m1/s1. The number of fused-ring (bicyclic) bond motifs is 2. The van der Waals surface area contributed by atoms with Crippen molar-refractivity contribution >= 4 is 38.6 Å². The number of carbonyl (C=O) groups is 1. The lowest BCUT2D eigenvalue weighted by Gasteiger charge is -2.25. The maximum Gasteiger partial charge on any atom is 0.248 e. The summed E-state index contributed by atoms with van der Waals surface area (Å²) in [5, 5.41) is 14.6. The van der Waals surface area contributed by atoms with Crippen LogP contribution in [0.1, 0.15) is 60.4 Å². The van der Waals surface area contributed by atoms with E-state index in [2.05, 4.69) is 35.9 Å². The molecule has 0 fully saturated rings. The van der Waals surface area contributed by atoms with Gasteiger partial charge in [0.05, 0.1) is 30.1 Å².